The van der Waals surface area contributed by atoms with E-state index in [9.17, 15) is 4.79 Å². The molecule has 0 atom stereocenters. The van der Waals surface area contributed by atoms with Crippen LogP contribution in [0.1, 0.15) is 11.1 Å². The highest BCUT2D eigenvalue weighted by atomic mass is 32.2. The number of aromatic nitrogens is 2. The largest absolute Gasteiger partial charge is 0.478 e. The van der Waals surface area contributed by atoms with E-state index >= 15 is 0 Å². The Kier molecular flexibility index (Phi) is 4.69. The number of nitrogens with zero attached hydrogens (tertiary/aromatic N) is 2. The van der Waals surface area contributed by atoms with Gasteiger partial charge < -0.3 is 5.11 Å². The van der Waals surface area contributed by atoms with Crippen LogP contribution in [0.25, 0.3) is 6.08 Å². The molecule has 0 saturated heterocycles. The Bertz CT molecular complexity index is 585. The lowest BCUT2D eigenvalue weighted by Gasteiger charge is -2.01. The number of carboxylic acids is 1. The molecule has 0 aliphatic rings. The highest BCUT2D eigenvalue weighted by Crippen LogP contribution is 2.19. The van der Waals surface area contributed by atoms with Crippen LogP contribution in [0.2, 0.25) is 0 Å². The van der Waals surface area contributed by atoms with Crippen molar-refractivity contribution in [3.63, 3.8) is 0 Å². The van der Waals surface area contributed by atoms with Gasteiger partial charge in [-0.05, 0) is 23.3 Å². The average Bonchev–Trinajstić information content (AvgIpc) is 2.44. The van der Waals surface area contributed by atoms with E-state index in [-0.39, 0.29) is 0 Å². The standard InChI is InChI=1S/C14H12N2O2S/c17-13(18)6-5-11-3-1-4-12(9-11)10-19-14-15-7-2-8-16-14/h1-9H,10H2,(H,17,18)/b6-5+. The molecule has 0 amide bonds. The maximum absolute atomic E-state index is 10.5. The van der Waals surface area contributed by atoms with Gasteiger partial charge in [0.15, 0.2) is 5.16 Å². The third-order valence-electron chi connectivity index (χ3n) is 2.28. The van der Waals surface area contributed by atoms with Gasteiger partial charge in [-0.2, -0.15) is 0 Å². The summed E-state index contributed by atoms with van der Waals surface area (Å²) in [6, 6.07) is 9.50. The molecule has 0 aliphatic carbocycles. The second-order valence-corrected chi connectivity index (χ2v) is 4.68. The summed E-state index contributed by atoms with van der Waals surface area (Å²) in [5.74, 6) is -0.198. The molecule has 1 heterocycles. The van der Waals surface area contributed by atoms with E-state index in [1.165, 1.54) is 0 Å². The Hall–Kier alpha value is -2.14. The van der Waals surface area contributed by atoms with Gasteiger partial charge in [-0.25, -0.2) is 14.8 Å². The SMILES string of the molecule is O=C(O)/C=C/c1cccc(CSc2ncccn2)c1. The Morgan fingerprint density at radius 3 is 2.79 bits per heavy atom. The van der Waals surface area contributed by atoms with Gasteiger partial charge in [0.25, 0.3) is 0 Å². The molecule has 0 radical (unpaired) electrons. The Morgan fingerprint density at radius 1 is 1.26 bits per heavy atom. The normalized spacial score (nSPS) is 10.7. The topological polar surface area (TPSA) is 63.1 Å². The highest BCUT2D eigenvalue weighted by molar-refractivity contribution is 7.98. The van der Waals surface area contributed by atoms with Crippen molar-refractivity contribution >= 4 is 23.8 Å². The third-order valence-corrected chi connectivity index (χ3v) is 3.23. The van der Waals surface area contributed by atoms with Crippen molar-refractivity contribution in [3.8, 4) is 0 Å². The fraction of sp³-hybridized carbons (Fsp3) is 0.0714. The van der Waals surface area contributed by atoms with Gasteiger partial charge >= 0.3 is 5.97 Å². The Labute approximate surface area is 115 Å². The minimum Gasteiger partial charge on any atom is -0.478 e. The van der Waals surface area contributed by atoms with E-state index in [0.717, 1.165) is 28.1 Å². The van der Waals surface area contributed by atoms with Gasteiger partial charge in [0, 0.05) is 24.2 Å². The molecule has 0 spiro atoms. The first-order valence-electron chi connectivity index (χ1n) is 5.64. The van der Waals surface area contributed by atoms with E-state index < -0.39 is 5.97 Å². The van der Waals surface area contributed by atoms with Gasteiger partial charge in [-0.3, -0.25) is 0 Å². The molecule has 0 saturated carbocycles. The van der Waals surface area contributed by atoms with Crippen LogP contribution in [-0.4, -0.2) is 21.0 Å². The van der Waals surface area contributed by atoms with Crippen molar-refractivity contribution in [3.05, 3.63) is 59.9 Å². The first kappa shape index (κ1) is 13.3. The number of hydrogen-bond donors (Lipinski definition) is 1. The fourth-order valence-corrected chi connectivity index (χ4v) is 2.21. The van der Waals surface area contributed by atoms with Crippen LogP contribution in [0.4, 0.5) is 0 Å². The van der Waals surface area contributed by atoms with E-state index in [1.54, 1.807) is 36.3 Å². The third kappa shape index (κ3) is 4.56. The number of thioether (sulfide) groups is 1. The second kappa shape index (κ2) is 6.70. The van der Waals surface area contributed by atoms with Crippen LogP contribution in [0.3, 0.4) is 0 Å². The van der Waals surface area contributed by atoms with Crippen LogP contribution < -0.4 is 0 Å². The van der Waals surface area contributed by atoms with Gasteiger partial charge in [0.05, 0.1) is 0 Å². The molecule has 1 N–H and O–H groups in total. The van der Waals surface area contributed by atoms with Gasteiger partial charge in [0.2, 0.25) is 0 Å². The number of benzene rings is 1. The zero-order chi connectivity index (χ0) is 13.5. The van der Waals surface area contributed by atoms with Gasteiger partial charge in [-0.1, -0.05) is 36.0 Å². The zero-order valence-electron chi connectivity index (χ0n) is 10.1. The molecule has 4 nitrogen and oxygen atoms in total. The molecule has 19 heavy (non-hydrogen) atoms. The predicted octanol–water partition coefficient (Wildman–Crippen LogP) is 2.87. The average molecular weight is 272 g/mol. The van der Waals surface area contributed by atoms with Crippen LogP contribution in [0, 0.1) is 0 Å². The number of carbonyl (C=O) groups is 1. The minimum atomic E-state index is -0.947. The maximum Gasteiger partial charge on any atom is 0.328 e. The number of aliphatic carboxylic acids is 1. The number of rotatable bonds is 5. The molecule has 0 bridgehead atoms. The number of carboxylic acid groups (broad SMARTS) is 1. The molecule has 2 rings (SSSR count). The quantitative estimate of drug-likeness (QED) is 0.515. The highest BCUT2D eigenvalue weighted by Gasteiger charge is 1.99. The lowest BCUT2D eigenvalue weighted by Crippen LogP contribution is -1.88. The summed E-state index contributed by atoms with van der Waals surface area (Å²) in [6.07, 6.45) is 6.13. The Morgan fingerprint density at radius 2 is 2.05 bits per heavy atom. The van der Waals surface area contributed by atoms with E-state index in [0.29, 0.717) is 0 Å². The molecular weight excluding hydrogens is 260 g/mol. The van der Waals surface area contributed by atoms with Crippen molar-refractivity contribution in [2.75, 3.05) is 0 Å². The van der Waals surface area contributed by atoms with E-state index in [1.807, 2.05) is 24.3 Å². The lowest BCUT2D eigenvalue weighted by atomic mass is 10.1. The number of hydrogen-bond acceptors (Lipinski definition) is 4. The molecule has 1 aromatic carbocycles. The van der Waals surface area contributed by atoms with Crippen LogP contribution in [-0.2, 0) is 10.5 Å². The van der Waals surface area contributed by atoms with Crippen LogP contribution in [0.15, 0.2) is 54.0 Å². The van der Waals surface area contributed by atoms with Gasteiger partial charge in [-0.15, -0.1) is 0 Å². The summed E-state index contributed by atoms with van der Waals surface area (Å²) >= 11 is 1.54. The molecule has 5 heteroatoms. The minimum absolute atomic E-state index is 0.731. The summed E-state index contributed by atoms with van der Waals surface area (Å²) in [7, 11) is 0. The summed E-state index contributed by atoms with van der Waals surface area (Å²) in [5.41, 5.74) is 1.97. The first-order chi connectivity index (χ1) is 9.24. The second-order valence-electron chi connectivity index (χ2n) is 3.74. The van der Waals surface area contributed by atoms with Crippen molar-refractivity contribution in [2.45, 2.75) is 10.9 Å². The summed E-state index contributed by atoms with van der Waals surface area (Å²) in [4.78, 5) is 18.7. The monoisotopic (exact) mass is 272 g/mol. The molecule has 0 aliphatic heterocycles. The molecule has 0 fully saturated rings. The van der Waals surface area contributed by atoms with Gasteiger partial charge in [0.1, 0.15) is 0 Å². The molecule has 0 unspecified atom stereocenters. The Balaban J connectivity index is 2.01. The summed E-state index contributed by atoms with van der Waals surface area (Å²) in [5, 5.41) is 9.32. The zero-order valence-corrected chi connectivity index (χ0v) is 10.9. The molecule has 96 valence electrons. The summed E-state index contributed by atoms with van der Waals surface area (Å²) in [6.45, 7) is 0. The van der Waals surface area contributed by atoms with Crippen molar-refractivity contribution < 1.29 is 9.90 Å². The van der Waals surface area contributed by atoms with Crippen molar-refractivity contribution in [2.24, 2.45) is 0 Å². The molecule has 1 aromatic heterocycles. The maximum atomic E-state index is 10.5. The van der Waals surface area contributed by atoms with Crippen LogP contribution in [0.5, 0.6) is 0 Å². The van der Waals surface area contributed by atoms with E-state index in [2.05, 4.69) is 9.97 Å². The first-order valence-corrected chi connectivity index (χ1v) is 6.62. The lowest BCUT2D eigenvalue weighted by molar-refractivity contribution is -0.131. The van der Waals surface area contributed by atoms with Crippen LogP contribution >= 0.6 is 11.8 Å². The molecular formula is C14H12N2O2S. The summed E-state index contributed by atoms with van der Waals surface area (Å²) < 4.78 is 0. The smallest absolute Gasteiger partial charge is 0.328 e. The fourth-order valence-electron chi connectivity index (χ4n) is 1.46. The predicted molar refractivity (Wildman–Crippen MR) is 74.7 cm³/mol. The molecule has 2 aromatic rings. The van der Waals surface area contributed by atoms with Crippen molar-refractivity contribution in [1.82, 2.24) is 9.97 Å². The van der Waals surface area contributed by atoms with E-state index in [4.69, 9.17) is 5.11 Å². The van der Waals surface area contributed by atoms with Crippen molar-refractivity contribution in [1.29, 1.82) is 0 Å².